The molecule has 2 heteroatoms. The van der Waals surface area contributed by atoms with E-state index in [9.17, 15) is 0 Å². The van der Waals surface area contributed by atoms with Crippen molar-refractivity contribution in [2.45, 2.75) is 6.42 Å². The molecule has 2 rings (SSSR count). The maximum Gasteiger partial charge on any atom is 0.0373 e. The van der Waals surface area contributed by atoms with E-state index in [1.807, 2.05) is 31.3 Å². The van der Waals surface area contributed by atoms with E-state index in [1.54, 1.807) is 0 Å². The number of nitrogen functional groups attached to an aromatic ring is 1. The van der Waals surface area contributed by atoms with Crippen LogP contribution in [0.15, 0.2) is 48.5 Å². The minimum Gasteiger partial charge on any atom is -0.398 e. The minimum atomic E-state index is 0.855. The van der Waals surface area contributed by atoms with Crippen molar-refractivity contribution >= 4 is 11.4 Å². The summed E-state index contributed by atoms with van der Waals surface area (Å²) in [5.74, 6) is 0. The topological polar surface area (TPSA) is 38.0 Å². The number of rotatable bonds is 3. The van der Waals surface area contributed by atoms with E-state index < -0.39 is 0 Å². The van der Waals surface area contributed by atoms with Crippen LogP contribution in [0, 0.1) is 0 Å². The largest absolute Gasteiger partial charge is 0.398 e. The fourth-order valence-electron chi connectivity index (χ4n) is 1.82. The molecular formula is C14H16N2. The van der Waals surface area contributed by atoms with Gasteiger partial charge in [0.05, 0.1) is 0 Å². The number of anilines is 2. The van der Waals surface area contributed by atoms with Gasteiger partial charge in [-0.25, -0.2) is 0 Å². The maximum absolute atomic E-state index is 5.94. The van der Waals surface area contributed by atoms with Crippen molar-refractivity contribution in [2.75, 3.05) is 18.1 Å². The first-order valence-corrected chi connectivity index (χ1v) is 5.40. The van der Waals surface area contributed by atoms with Crippen LogP contribution in [0.4, 0.5) is 11.4 Å². The Bertz CT molecular complexity index is 478. The molecule has 0 aliphatic rings. The van der Waals surface area contributed by atoms with Gasteiger partial charge in [-0.2, -0.15) is 0 Å². The highest BCUT2D eigenvalue weighted by molar-refractivity contribution is 5.56. The lowest BCUT2D eigenvalue weighted by molar-refractivity contribution is 1.19. The first-order chi connectivity index (χ1) is 7.81. The van der Waals surface area contributed by atoms with E-state index in [1.165, 1.54) is 11.1 Å². The molecule has 0 atom stereocenters. The van der Waals surface area contributed by atoms with Gasteiger partial charge in [0.25, 0.3) is 0 Å². The monoisotopic (exact) mass is 212 g/mol. The van der Waals surface area contributed by atoms with Crippen LogP contribution in [-0.2, 0) is 6.42 Å². The third kappa shape index (κ3) is 2.16. The fraction of sp³-hybridized carbons (Fsp3) is 0.143. The highest BCUT2D eigenvalue weighted by Gasteiger charge is 2.03. The summed E-state index contributed by atoms with van der Waals surface area (Å²) in [6.45, 7) is 0. The van der Waals surface area contributed by atoms with Gasteiger partial charge in [-0.05, 0) is 23.3 Å². The molecule has 0 fully saturated rings. The van der Waals surface area contributed by atoms with Crippen LogP contribution < -0.4 is 11.1 Å². The first-order valence-electron chi connectivity index (χ1n) is 5.40. The second-order valence-corrected chi connectivity index (χ2v) is 3.78. The normalized spacial score (nSPS) is 10.1. The number of hydrogen-bond donors (Lipinski definition) is 2. The molecule has 0 heterocycles. The smallest absolute Gasteiger partial charge is 0.0373 e. The van der Waals surface area contributed by atoms with Crippen LogP contribution in [0.1, 0.15) is 11.1 Å². The summed E-state index contributed by atoms with van der Waals surface area (Å²) in [6, 6.07) is 16.3. The average Bonchev–Trinajstić information content (AvgIpc) is 2.33. The van der Waals surface area contributed by atoms with Crippen LogP contribution in [0.2, 0.25) is 0 Å². The third-order valence-electron chi connectivity index (χ3n) is 2.72. The minimum absolute atomic E-state index is 0.855. The van der Waals surface area contributed by atoms with Crippen molar-refractivity contribution in [1.29, 1.82) is 0 Å². The SMILES string of the molecule is CNc1ccccc1Cc1ccccc1N. The molecule has 82 valence electrons. The van der Waals surface area contributed by atoms with Gasteiger partial charge in [-0.3, -0.25) is 0 Å². The number of benzene rings is 2. The number of nitrogens with two attached hydrogens (primary N) is 1. The molecule has 2 aromatic carbocycles. The Kier molecular flexibility index (Phi) is 3.10. The van der Waals surface area contributed by atoms with E-state index >= 15 is 0 Å². The number of para-hydroxylation sites is 2. The van der Waals surface area contributed by atoms with Crippen LogP contribution in [-0.4, -0.2) is 7.05 Å². The van der Waals surface area contributed by atoms with Crippen molar-refractivity contribution < 1.29 is 0 Å². The van der Waals surface area contributed by atoms with Gasteiger partial charge in [0.15, 0.2) is 0 Å². The van der Waals surface area contributed by atoms with Gasteiger partial charge in [-0.15, -0.1) is 0 Å². The Morgan fingerprint density at radius 2 is 1.56 bits per heavy atom. The molecule has 0 radical (unpaired) electrons. The zero-order valence-electron chi connectivity index (χ0n) is 9.40. The Morgan fingerprint density at radius 3 is 2.25 bits per heavy atom. The summed E-state index contributed by atoms with van der Waals surface area (Å²) in [6.07, 6.45) is 0.865. The molecule has 2 aromatic rings. The Balaban J connectivity index is 2.30. The van der Waals surface area contributed by atoms with E-state index in [4.69, 9.17) is 5.73 Å². The maximum atomic E-state index is 5.94. The summed E-state index contributed by atoms with van der Waals surface area (Å²) in [7, 11) is 1.94. The summed E-state index contributed by atoms with van der Waals surface area (Å²) < 4.78 is 0. The van der Waals surface area contributed by atoms with E-state index in [0.29, 0.717) is 0 Å². The van der Waals surface area contributed by atoms with Crippen molar-refractivity contribution in [3.05, 3.63) is 59.7 Å². The second-order valence-electron chi connectivity index (χ2n) is 3.78. The molecule has 0 aliphatic heterocycles. The van der Waals surface area contributed by atoms with E-state index in [0.717, 1.165) is 17.8 Å². The molecular weight excluding hydrogens is 196 g/mol. The molecule has 0 amide bonds. The van der Waals surface area contributed by atoms with Gasteiger partial charge in [-0.1, -0.05) is 36.4 Å². The summed E-state index contributed by atoms with van der Waals surface area (Å²) in [5.41, 5.74) is 10.4. The average molecular weight is 212 g/mol. The van der Waals surface area contributed by atoms with Gasteiger partial charge in [0, 0.05) is 24.8 Å². The molecule has 0 saturated carbocycles. The van der Waals surface area contributed by atoms with Gasteiger partial charge in [0.1, 0.15) is 0 Å². The van der Waals surface area contributed by atoms with Crippen molar-refractivity contribution in [1.82, 2.24) is 0 Å². The quantitative estimate of drug-likeness (QED) is 0.768. The fourth-order valence-corrected chi connectivity index (χ4v) is 1.82. The predicted octanol–water partition coefficient (Wildman–Crippen LogP) is 2.90. The van der Waals surface area contributed by atoms with Crippen LogP contribution in [0.3, 0.4) is 0 Å². The molecule has 0 spiro atoms. The molecule has 0 saturated heterocycles. The summed E-state index contributed by atoms with van der Waals surface area (Å²) in [4.78, 5) is 0. The lowest BCUT2D eigenvalue weighted by Gasteiger charge is -2.10. The lowest BCUT2D eigenvalue weighted by atomic mass is 10.0. The number of hydrogen-bond acceptors (Lipinski definition) is 2. The van der Waals surface area contributed by atoms with Crippen molar-refractivity contribution in [3.63, 3.8) is 0 Å². The van der Waals surface area contributed by atoms with Gasteiger partial charge in [0.2, 0.25) is 0 Å². The molecule has 0 bridgehead atoms. The molecule has 2 nitrogen and oxygen atoms in total. The van der Waals surface area contributed by atoms with Crippen LogP contribution in [0.5, 0.6) is 0 Å². The Morgan fingerprint density at radius 1 is 0.938 bits per heavy atom. The lowest BCUT2D eigenvalue weighted by Crippen LogP contribution is -1.99. The zero-order valence-corrected chi connectivity index (χ0v) is 9.40. The van der Waals surface area contributed by atoms with Crippen LogP contribution in [0.25, 0.3) is 0 Å². The summed E-state index contributed by atoms with van der Waals surface area (Å²) >= 11 is 0. The van der Waals surface area contributed by atoms with Gasteiger partial charge >= 0.3 is 0 Å². The zero-order chi connectivity index (χ0) is 11.4. The van der Waals surface area contributed by atoms with E-state index in [2.05, 4.69) is 29.6 Å². The standard InChI is InChI=1S/C14H16N2/c1-16-14-9-5-3-7-12(14)10-11-6-2-4-8-13(11)15/h2-9,16H,10,15H2,1H3. The molecule has 3 N–H and O–H groups in total. The number of nitrogens with one attached hydrogen (secondary N) is 1. The Labute approximate surface area is 96.1 Å². The summed E-state index contributed by atoms with van der Waals surface area (Å²) in [5, 5.41) is 3.19. The second kappa shape index (κ2) is 4.71. The highest BCUT2D eigenvalue weighted by Crippen LogP contribution is 2.21. The first kappa shape index (κ1) is 10.6. The van der Waals surface area contributed by atoms with Crippen molar-refractivity contribution in [3.8, 4) is 0 Å². The molecule has 0 unspecified atom stereocenters. The third-order valence-corrected chi connectivity index (χ3v) is 2.72. The molecule has 0 aliphatic carbocycles. The van der Waals surface area contributed by atoms with Gasteiger partial charge < -0.3 is 11.1 Å². The molecule has 16 heavy (non-hydrogen) atoms. The Hall–Kier alpha value is -1.96. The predicted molar refractivity (Wildman–Crippen MR) is 69.6 cm³/mol. The van der Waals surface area contributed by atoms with Crippen LogP contribution >= 0.6 is 0 Å². The molecule has 0 aromatic heterocycles. The van der Waals surface area contributed by atoms with Crippen molar-refractivity contribution in [2.24, 2.45) is 0 Å². The van der Waals surface area contributed by atoms with E-state index in [-0.39, 0.29) is 0 Å². The highest BCUT2D eigenvalue weighted by atomic mass is 14.8.